The topological polar surface area (TPSA) is 33.1 Å². The molecule has 0 spiro atoms. The van der Waals surface area contributed by atoms with Gasteiger partial charge in [-0.3, -0.25) is 0 Å². The van der Waals surface area contributed by atoms with E-state index in [1.165, 1.54) is 0 Å². The van der Waals surface area contributed by atoms with Gasteiger partial charge in [0.1, 0.15) is 5.03 Å². The molecule has 0 saturated carbocycles. The van der Waals surface area contributed by atoms with Crippen LogP contribution in [0.1, 0.15) is 18.6 Å². The van der Waals surface area contributed by atoms with Gasteiger partial charge in [-0.15, -0.1) is 0 Å². The van der Waals surface area contributed by atoms with Crippen molar-refractivity contribution < 1.29 is 5.11 Å². The summed E-state index contributed by atoms with van der Waals surface area (Å²) in [6, 6.07) is 9.70. The first-order chi connectivity index (χ1) is 8.58. The van der Waals surface area contributed by atoms with Crippen molar-refractivity contribution >= 4 is 43.6 Å². The number of hydrogen-bond donors (Lipinski definition) is 1. The van der Waals surface area contributed by atoms with Crippen molar-refractivity contribution in [1.29, 1.82) is 0 Å². The highest BCUT2D eigenvalue weighted by Crippen LogP contribution is 2.36. The minimum absolute atomic E-state index is 0.457. The van der Waals surface area contributed by atoms with Crippen LogP contribution in [0.2, 0.25) is 0 Å². The Morgan fingerprint density at radius 2 is 2.00 bits per heavy atom. The van der Waals surface area contributed by atoms with Crippen LogP contribution in [0.4, 0.5) is 0 Å². The third kappa shape index (κ3) is 3.35. The smallest absolute Gasteiger partial charge is 0.115 e. The SMILES string of the molecule is C[C@H](O)c1ccc(Sc2ncccc2Br)c(Br)c1. The standard InChI is InChI=1S/C13H11Br2NOS/c1-8(17)9-4-5-12(11(15)7-9)18-13-10(14)3-2-6-16-13/h2-8,17H,1H3/t8-/m0/s1. The van der Waals surface area contributed by atoms with Crippen molar-refractivity contribution in [2.24, 2.45) is 0 Å². The molecule has 0 aliphatic carbocycles. The summed E-state index contributed by atoms with van der Waals surface area (Å²) in [6.07, 6.45) is 1.31. The Morgan fingerprint density at radius 3 is 2.61 bits per heavy atom. The van der Waals surface area contributed by atoms with Crippen LogP contribution in [0.5, 0.6) is 0 Å². The second-order valence-electron chi connectivity index (χ2n) is 3.76. The molecule has 2 nitrogen and oxygen atoms in total. The number of aromatic nitrogens is 1. The van der Waals surface area contributed by atoms with Crippen LogP contribution in [-0.4, -0.2) is 10.1 Å². The molecule has 94 valence electrons. The zero-order valence-electron chi connectivity index (χ0n) is 9.60. The van der Waals surface area contributed by atoms with Crippen molar-refractivity contribution in [2.45, 2.75) is 22.9 Å². The molecule has 0 aliphatic heterocycles. The number of pyridine rings is 1. The van der Waals surface area contributed by atoms with E-state index >= 15 is 0 Å². The third-order valence-corrected chi connectivity index (χ3v) is 5.29. The Balaban J connectivity index is 2.28. The second-order valence-corrected chi connectivity index (χ2v) is 6.50. The van der Waals surface area contributed by atoms with Gasteiger partial charge in [-0.2, -0.15) is 0 Å². The van der Waals surface area contributed by atoms with Gasteiger partial charge in [0.25, 0.3) is 0 Å². The molecule has 0 fully saturated rings. The van der Waals surface area contributed by atoms with Crippen molar-refractivity contribution in [2.75, 3.05) is 0 Å². The van der Waals surface area contributed by atoms with Gasteiger partial charge in [-0.05, 0) is 68.6 Å². The fourth-order valence-corrected chi connectivity index (χ4v) is 3.33. The van der Waals surface area contributed by atoms with Gasteiger partial charge in [-0.1, -0.05) is 17.8 Å². The zero-order valence-corrected chi connectivity index (χ0v) is 13.6. The molecule has 1 aromatic carbocycles. The molecule has 1 N–H and O–H groups in total. The maximum absolute atomic E-state index is 9.53. The summed E-state index contributed by atoms with van der Waals surface area (Å²) in [6.45, 7) is 1.75. The summed E-state index contributed by atoms with van der Waals surface area (Å²) in [5.74, 6) is 0. The van der Waals surface area contributed by atoms with E-state index in [4.69, 9.17) is 0 Å². The van der Waals surface area contributed by atoms with Crippen LogP contribution in [0.25, 0.3) is 0 Å². The van der Waals surface area contributed by atoms with Crippen molar-refractivity contribution in [3.8, 4) is 0 Å². The first kappa shape index (κ1) is 14.1. The molecule has 1 heterocycles. The zero-order chi connectivity index (χ0) is 13.1. The molecular formula is C13H11Br2NOS. The minimum Gasteiger partial charge on any atom is -0.389 e. The predicted octanol–water partition coefficient (Wildman–Crippen LogP) is 4.81. The van der Waals surface area contributed by atoms with Crippen LogP contribution in [0.15, 0.2) is 55.4 Å². The molecule has 0 bridgehead atoms. The van der Waals surface area contributed by atoms with E-state index in [9.17, 15) is 5.11 Å². The first-order valence-corrected chi connectivity index (χ1v) is 7.74. The molecule has 0 saturated heterocycles. The minimum atomic E-state index is -0.457. The lowest BCUT2D eigenvalue weighted by Gasteiger charge is -2.09. The third-order valence-electron chi connectivity index (χ3n) is 2.37. The molecule has 5 heteroatoms. The van der Waals surface area contributed by atoms with E-state index in [2.05, 4.69) is 36.8 Å². The Hall–Kier alpha value is -0.360. The largest absolute Gasteiger partial charge is 0.389 e. The number of aliphatic hydroxyl groups is 1. The molecule has 2 aromatic rings. The lowest BCUT2D eigenvalue weighted by Crippen LogP contribution is -1.91. The summed E-state index contributed by atoms with van der Waals surface area (Å²) in [5, 5.41) is 10.4. The summed E-state index contributed by atoms with van der Waals surface area (Å²) in [4.78, 5) is 5.39. The number of benzene rings is 1. The highest BCUT2D eigenvalue weighted by molar-refractivity contribution is 9.11. The van der Waals surface area contributed by atoms with Crippen LogP contribution in [0.3, 0.4) is 0 Å². The normalized spacial score (nSPS) is 12.4. The molecule has 18 heavy (non-hydrogen) atoms. The van der Waals surface area contributed by atoms with Crippen LogP contribution >= 0.6 is 43.6 Å². The Kier molecular flexibility index (Phi) is 4.84. The van der Waals surface area contributed by atoms with Crippen LogP contribution in [0, 0.1) is 0 Å². The summed E-state index contributed by atoms with van der Waals surface area (Å²) < 4.78 is 1.94. The molecule has 0 amide bonds. The fraction of sp³-hybridized carbons (Fsp3) is 0.154. The highest BCUT2D eigenvalue weighted by atomic mass is 79.9. The summed E-state index contributed by atoms with van der Waals surface area (Å²) in [7, 11) is 0. The van der Waals surface area contributed by atoms with Crippen molar-refractivity contribution in [1.82, 2.24) is 4.98 Å². The monoisotopic (exact) mass is 387 g/mol. The summed E-state index contributed by atoms with van der Waals surface area (Å²) in [5.41, 5.74) is 0.895. The molecule has 2 rings (SSSR count). The van der Waals surface area contributed by atoms with E-state index in [0.29, 0.717) is 0 Å². The first-order valence-electron chi connectivity index (χ1n) is 5.34. The average Bonchev–Trinajstić information content (AvgIpc) is 2.34. The Bertz CT molecular complexity index is 560. The van der Waals surface area contributed by atoms with Gasteiger partial charge >= 0.3 is 0 Å². The average molecular weight is 389 g/mol. The number of aliphatic hydroxyl groups excluding tert-OH is 1. The second kappa shape index (κ2) is 6.19. The Morgan fingerprint density at radius 1 is 1.22 bits per heavy atom. The quantitative estimate of drug-likeness (QED) is 0.818. The molecule has 1 atom stereocenters. The van der Waals surface area contributed by atoms with Gasteiger partial charge in [0.15, 0.2) is 0 Å². The van der Waals surface area contributed by atoms with Crippen molar-refractivity contribution in [3.05, 3.63) is 51.0 Å². The van der Waals surface area contributed by atoms with E-state index < -0.39 is 6.10 Å². The van der Waals surface area contributed by atoms with E-state index in [1.54, 1.807) is 24.9 Å². The molecule has 0 unspecified atom stereocenters. The number of nitrogens with zero attached hydrogens (tertiary/aromatic N) is 1. The lowest BCUT2D eigenvalue weighted by atomic mass is 10.1. The summed E-state index contributed by atoms with van der Waals surface area (Å²) >= 11 is 8.57. The molecular weight excluding hydrogens is 378 g/mol. The van der Waals surface area contributed by atoms with E-state index in [0.717, 1.165) is 24.4 Å². The Labute approximate surface area is 127 Å². The molecule has 0 aliphatic rings. The molecule has 0 radical (unpaired) electrons. The van der Waals surface area contributed by atoms with E-state index in [1.807, 2.05) is 30.3 Å². The maximum atomic E-state index is 9.53. The number of rotatable bonds is 3. The van der Waals surface area contributed by atoms with Gasteiger partial charge in [0, 0.05) is 15.6 Å². The molecule has 1 aromatic heterocycles. The van der Waals surface area contributed by atoms with Gasteiger partial charge < -0.3 is 5.11 Å². The van der Waals surface area contributed by atoms with Gasteiger partial charge in [0.2, 0.25) is 0 Å². The highest BCUT2D eigenvalue weighted by Gasteiger charge is 2.09. The maximum Gasteiger partial charge on any atom is 0.115 e. The predicted molar refractivity (Wildman–Crippen MR) is 80.8 cm³/mol. The van der Waals surface area contributed by atoms with E-state index in [-0.39, 0.29) is 0 Å². The number of hydrogen-bond acceptors (Lipinski definition) is 3. The lowest BCUT2D eigenvalue weighted by molar-refractivity contribution is 0.199. The van der Waals surface area contributed by atoms with Gasteiger partial charge in [-0.25, -0.2) is 4.98 Å². The van der Waals surface area contributed by atoms with Crippen molar-refractivity contribution in [3.63, 3.8) is 0 Å². The van der Waals surface area contributed by atoms with Gasteiger partial charge in [0.05, 0.1) is 10.6 Å². The van der Waals surface area contributed by atoms with Crippen LogP contribution < -0.4 is 0 Å². The van der Waals surface area contributed by atoms with Crippen LogP contribution in [-0.2, 0) is 0 Å². The number of halogens is 2. The fourth-order valence-electron chi connectivity index (χ4n) is 1.41.